The van der Waals surface area contributed by atoms with Gasteiger partial charge in [0.25, 0.3) is 0 Å². The number of hydrogen-bond acceptors (Lipinski definition) is 5. The SMILES string of the molecule is Nc1nc(COC(C(F)(F)F)C(F)(F)F)nc2sccc12. The highest BCUT2D eigenvalue weighted by molar-refractivity contribution is 7.16. The van der Waals surface area contributed by atoms with E-state index < -0.39 is 25.1 Å². The van der Waals surface area contributed by atoms with Crippen molar-refractivity contribution in [2.24, 2.45) is 0 Å². The van der Waals surface area contributed by atoms with E-state index in [1.807, 2.05) is 0 Å². The molecule has 0 saturated carbocycles. The van der Waals surface area contributed by atoms with Gasteiger partial charge < -0.3 is 10.5 Å². The molecule has 2 N–H and O–H groups in total. The van der Waals surface area contributed by atoms with Crippen LogP contribution in [-0.4, -0.2) is 28.4 Å². The van der Waals surface area contributed by atoms with Crippen LogP contribution < -0.4 is 5.73 Å². The number of nitrogen functional groups attached to an aromatic ring is 1. The summed E-state index contributed by atoms with van der Waals surface area (Å²) < 4.78 is 77.7. The Hall–Kier alpha value is -1.62. The second-order valence-electron chi connectivity index (χ2n) is 3.94. The van der Waals surface area contributed by atoms with Crippen LogP contribution in [0.2, 0.25) is 0 Å². The molecule has 0 radical (unpaired) electrons. The number of fused-ring (bicyclic) bond motifs is 1. The lowest BCUT2D eigenvalue weighted by Crippen LogP contribution is -2.44. The number of nitrogens with two attached hydrogens (primary N) is 1. The molecule has 0 atom stereocenters. The van der Waals surface area contributed by atoms with Gasteiger partial charge in [-0.2, -0.15) is 26.3 Å². The molecule has 21 heavy (non-hydrogen) atoms. The average Bonchev–Trinajstić information content (AvgIpc) is 2.73. The molecule has 0 amide bonds. The molecule has 0 aliphatic carbocycles. The second-order valence-corrected chi connectivity index (χ2v) is 4.83. The Kier molecular flexibility index (Phi) is 3.97. The van der Waals surface area contributed by atoms with E-state index in [1.54, 1.807) is 11.4 Å². The van der Waals surface area contributed by atoms with Crippen molar-refractivity contribution in [1.82, 2.24) is 9.97 Å². The first-order valence-electron chi connectivity index (χ1n) is 5.33. The summed E-state index contributed by atoms with van der Waals surface area (Å²) in [5.41, 5.74) is 5.53. The van der Waals surface area contributed by atoms with Crippen LogP contribution in [0.3, 0.4) is 0 Å². The molecule has 0 saturated heterocycles. The van der Waals surface area contributed by atoms with Crippen molar-refractivity contribution in [1.29, 1.82) is 0 Å². The molecule has 2 heterocycles. The summed E-state index contributed by atoms with van der Waals surface area (Å²) in [5.74, 6) is -0.378. The van der Waals surface area contributed by atoms with Gasteiger partial charge in [-0.05, 0) is 11.4 Å². The van der Waals surface area contributed by atoms with Crippen LogP contribution in [0.15, 0.2) is 11.4 Å². The van der Waals surface area contributed by atoms with Crippen LogP contribution >= 0.6 is 11.3 Å². The van der Waals surface area contributed by atoms with Gasteiger partial charge >= 0.3 is 12.4 Å². The minimum atomic E-state index is -5.57. The summed E-state index contributed by atoms with van der Waals surface area (Å²) in [5, 5.41) is 2.10. The third-order valence-corrected chi connectivity index (χ3v) is 3.18. The van der Waals surface area contributed by atoms with E-state index in [0.717, 1.165) is 11.3 Å². The van der Waals surface area contributed by atoms with Crippen LogP contribution in [0.1, 0.15) is 5.82 Å². The van der Waals surface area contributed by atoms with Crippen LogP contribution in [0.25, 0.3) is 10.2 Å². The molecule has 4 nitrogen and oxygen atoms in total. The Morgan fingerprint density at radius 2 is 1.76 bits per heavy atom. The van der Waals surface area contributed by atoms with E-state index in [2.05, 4.69) is 14.7 Å². The fourth-order valence-electron chi connectivity index (χ4n) is 1.52. The molecule has 2 rings (SSSR count). The summed E-state index contributed by atoms with van der Waals surface area (Å²) in [6.45, 7) is -1.05. The average molecular weight is 331 g/mol. The van der Waals surface area contributed by atoms with Crippen molar-refractivity contribution < 1.29 is 31.1 Å². The first-order chi connectivity index (χ1) is 9.59. The standard InChI is InChI=1S/C10H7F6N3OS/c11-9(12,13)8(10(14,15)16)20-3-5-18-6(17)4-1-2-21-7(4)19-5/h1-2,8H,3H2,(H2,17,18,19). The molecule has 0 aliphatic rings. The maximum atomic E-state index is 12.3. The van der Waals surface area contributed by atoms with E-state index in [9.17, 15) is 26.3 Å². The fraction of sp³-hybridized carbons (Fsp3) is 0.400. The number of rotatable bonds is 3. The molecule has 11 heteroatoms. The molecular formula is C10H7F6N3OS. The zero-order valence-electron chi connectivity index (χ0n) is 10.00. The van der Waals surface area contributed by atoms with Gasteiger partial charge in [0, 0.05) is 0 Å². The number of thiophene rings is 1. The van der Waals surface area contributed by atoms with Crippen molar-refractivity contribution >= 4 is 27.4 Å². The van der Waals surface area contributed by atoms with Crippen molar-refractivity contribution in [3.8, 4) is 0 Å². The summed E-state index contributed by atoms with van der Waals surface area (Å²) in [6, 6.07) is 1.59. The number of halogens is 6. The Bertz CT molecular complexity index is 624. The normalized spacial score (nSPS) is 13.3. The number of ether oxygens (including phenoxy) is 1. The summed E-state index contributed by atoms with van der Waals surface area (Å²) in [7, 11) is 0. The summed E-state index contributed by atoms with van der Waals surface area (Å²) in [4.78, 5) is 7.78. The van der Waals surface area contributed by atoms with Gasteiger partial charge in [-0.1, -0.05) is 0 Å². The molecule has 0 unspecified atom stereocenters. The molecule has 0 bridgehead atoms. The summed E-state index contributed by atoms with van der Waals surface area (Å²) in [6.07, 6.45) is -15.0. The van der Waals surface area contributed by atoms with Gasteiger partial charge in [-0.25, -0.2) is 9.97 Å². The van der Waals surface area contributed by atoms with Gasteiger partial charge in [-0.15, -0.1) is 11.3 Å². The molecule has 0 aliphatic heterocycles. The number of alkyl halides is 6. The highest BCUT2D eigenvalue weighted by Gasteiger charge is 2.58. The van der Waals surface area contributed by atoms with Gasteiger partial charge in [0.1, 0.15) is 17.3 Å². The lowest BCUT2D eigenvalue weighted by Gasteiger charge is -2.22. The van der Waals surface area contributed by atoms with E-state index in [0.29, 0.717) is 10.2 Å². The monoisotopic (exact) mass is 331 g/mol. The smallest absolute Gasteiger partial charge is 0.383 e. The zero-order valence-corrected chi connectivity index (χ0v) is 10.8. The Morgan fingerprint density at radius 1 is 1.14 bits per heavy atom. The lowest BCUT2D eigenvalue weighted by atomic mass is 10.3. The first-order valence-corrected chi connectivity index (χ1v) is 6.21. The topological polar surface area (TPSA) is 61.0 Å². The van der Waals surface area contributed by atoms with Crippen molar-refractivity contribution in [2.75, 3.05) is 5.73 Å². The zero-order chi connectivity index (χ0) is 15.8. The van der Waals surface area contributed by atoms with Crippen molar-refractivity contribution in [2.45, 2.75) is 25.1 Å². The third-order valence-electron chi connectivity index (χ3n) is 2.37. The molecule has 2 aromatic heterocycles. The highest BCUT2D eigenvalue weighted by Crippen LogP contribution is 2.36. The largest absolute Gasteiger partial charge is 0.423 e. The first kappa shape index (κ1) is 15.8. The predicted octanol–water partition coefficient (Wildman–Crippen LogP) is 3.28. The third kappa shape index (κ3) is 3.53. The molecular weight excluding hydrogens is 324 g/mol. The van der Waals surface area contributed by atoms with Crippen LogP contribution in [-0.2, 0) is 11.3 Å². The lowest BCUT2D eigenvalue weighted by molar-refractivity contribution is -0.324. The quantitative estimate of drug-likeness (QED) is 0.877. The summed E-state index contributed by atoms with van der Waals surface area (Å²) >= 11 is 1.13. The van der Waals surface area contributed by atoms with Gasteiger partial charge in [0.05, 0.1) is 5.39 Å². The van der Waals surface area contributed by atoms with Gasteiger partial charge in [0.2, 0.25) is 6.10 Å². The van der Waals surface area contributed by atoms with Gasteiger partial charge in [0.15, 0.2) is 5.82 Å². The minimum Gasteiger partial charge on any atom is -0.383 e. The predicted molar refractivity (Wildman–Crippen MR) is 62.5 cm³/mol. The van der Waals surface area contributed by atoms with E-state index in [1.165, 1.54) is 0 Å². The molecule has 116 valence electrons. The van der Waals surface area contributed by atoms with Crippen molar-refractivity contribution in [3.63, 3.8) is 0 Å². The maximum absolute atomic E-state index is 12.3. The Morgan fingerprint density at radius 3 is 2.33 bits per heavy atom. The van der Waals surface area contributed by atoms with Crippen molar-refractivity contribution in [3.05, 3.63) is 17.3 Å². The molecule has 0 spiro atoms. The van der Waals surface area contributed by atoms with E-state index in [4.69, 9.17) is 5.73 Å². The molecule has 0 aromatic carbocycles. The number of hydrogen-bond donors (Lipinski definition) is 1. The van der Waals surface area contributed by atoms with Crippen LogP contribution in [0, 0.1) is 0 Å². The van der Waals surface area contributed by atoms with E-state index in [-0.39, 0.29) is 11.6 Å². The van der Waals surface area contributed by atoms with E-state index >= 15 is 0 Å². The van der Waals surface area contributed by atoms with Gasteiger partial charge in [-0.3, -0.25) is 0 Å². The van der Waals surface area contributed by atoms with Crippen LogP contribution in [0.4, 0.5) is 32.2 Å². The number of nitrogens with zero attached hydrogens (tertiary/aromatic N) is 2. The second kappa shape index (κ2) is 5.30. The molecule has 2 aromatic rings. The Labute approximate surface area is 117 Å². The Balaban J connectivity index is 2.19. The minimum absolute atomic E-state index is 0.0320. The highest BCUT2D eigenvalue weighted by atomic mass is 32.1. The van der Waals surface area contributed by atoms with Crippen LogP contribution in [0.5, 0.6) is 0 Å². The molecule has 0 fully saturated rings. The maximum Gasteiger partial charge on any atom is 0.423 e. The number of aromatic nitrogens is 2. The number of anilines is 1. The fourth-order valence-corrected chi connectivity index (χ4v) is 2.31.